The third-order valence-electron chi connectivity index (χ3n) is 3.97. The summed E-state index contributed by atoms with van der Waals surface area (Å²) in [5.41, 5.74) is 1.26. The minimum atomic E-state index is -3.44. The average molecular weight is 479 g/mol. The summed E-state index contributed by atoms with van der Waals surface area (Å²) in [6.07, 6.45) is 0.844. The molecule has 1 heterocycles. The van der Waals surface area contributed by atoms with Crippen molar-refractivity contribution >= 4 is 45.0 Å². The van der Waals surface area contributed by atoms with E-state index in [9.17, 15) is 8.42 Å². The zero-order valence-corrected chi connectivity index (χ0v) is 16.9. The minimum absolute atomic E-state index is 0. The molecule has 0 aliphatic carbocycles. The molecule has 2 aromatic carbocycles. The standard InChI is InChI=1S/C17H19IN2O2S.ClH/c18-15-6-8-17(9-7-15)23(21,22)19-16-10-11-20(13-16)12-14-4-2-1-3-5-14;/h1-9,16,19H,10-13H2;1H. The van der Waals surface area contributed by atoms with Gasteiger partial charge in [-0.1, -0.05) is 30.3 Å². The van der Waals surface area contributed by atoms with Gasteiger partial charge in [-0.3, -0.25) is 4.90 Å². The molecule has 1 aliphatic heterocycles. The van der Waals surface area contributed by atoms with Crippen LogP contribution >= 0.6 is 35.0 Å². The maximum absolute atomic E-state index is 12.4. The minimum Gasteiger partial charge on any atom is -0.297 e. The Labute approximate surface area is 163 Å². The summed E-state index contributed by atoms with van der Waals surface area (Å²) in [5, 5.41) is 0. The van der Waals surface area contributed by atoms with Crippen LogP contribution < -0.4 is 4.72 Å². The van der Waals surface area contributed by atoms with Gasteiger partial charge in [0.25, 0.3) is 0 Å². The Kier molecular flexibility index (Phi) is 7.06. The van der Waals surface area contributed by atoms with Crippen molar-refractivity contribution in [2.24, 2.45) is 0 Å². The SMILES string of the molecule is Cl.O=S(=O)(NC1CCN(Cc2ccccc2)C1)c1ccc(I)cc1. The van der Waals surface area contributed by atoms with Gasteiger partial charge in [-0.2, -0.15) is 0 Å². The van der Waals surface area contributed by atoms with Crippen molar-refractivity contribution in [1.82, 2.24) is 9.62 Å². The van der Waals surface area contributed by atoms with Crippen molar-refractivity contribution in [3.8, 4) is 0 Å². The van der Waals surface area contributed by atoms with Crippen LogP contribution in [0.3, 0.4) is 0 Å². The number of benzene rings is 2. The van der Waals surface area contributed by atoms with Gasteiger partial charge in [0.15, 0.2) is 0 Å². The summed E-state index contributed by atoms with van der Waals surface area (Å²) < 4.78 is 28.7. The van der Waals surface area contributed by atoms with Gasteiger partial charge in [-0.05, 0) is 58.8 Å². The lowest BCUT2D eigenvalue weighted by Gasteiger charge is -2.17. The number of rotatable bonds is 5. The second-order valence-corrected chi connectivity index (χ2v) is 8.74. The molecule has 0 radical (unpaired) electrons. The topological polar surface area (TPSA) is 49.4 Å². The van der Waals surface area contributed by atoms with Gasteiger partial charge in [0.1, 0.15) is 0 Å². The van der Waals surface area contributed by atoms with Crippen molar-refractivity contribution < 1.29 is 8.42 Å². The molecule has 1 unspecified atom stereocenters. The molecule has 1 fully saturated rings. The fourth-order valence-corrected chi connectivity index (χ4v) is 4.44. The lowest BCUT2D eigenvalue weighted by molar-refractivity contribution is 0.324. The van der Waals surface area contributed by atoms with Gasteiger partial charge < -0.3 is 0 Å². The van der Waals surface area contributed by atoms with Gasteiger partial charge in [0.05, 0.1) is 4.90 Å². The molecule has 1 atom stereocenters. The van der Waals surface area contributed by atoms with E-state index in [4.69, 9.17) is 0 Å². The summed E-state index contributed by atoms with van der Waals surface area (Å²) in [6, 6.07) is 17.2. The normalized spacial score (nSPS) is 18.3. The molecule has 2 aromatic rings. The van der Waals surface area contributed by atoms with Crippen LogP contribution in [0, 0.1) is 3.57 Å². The zero-order valence-electron chi connectivity index (χ0n) is 13.1. The third-order valence-corrected chi connectivity index (χ3v) is 6.22. The Morgan fingerprint density at radius 1 is 1.08 bits per heavy atom. The first-order valence-corrected chi connectivity index (χ1v) is 10.1. The summed E-state index contributed by atoms with van der Waals surface area (Å²) in [5.74, 6) is 0. The van der Waals surface area contributed by atoms with E-state index in [0.29, 0.717) is 4.90 Å². The first kappa shape index (κ1) is 19.7. The van der Waals surface area contributed by atoms with Crippen LogP contribution in [-0.4, -0.2) is 32.4 Å². The molecule has 3 rings (SSSR count). The largest absolute Gasteiger partial charge is 0.297 e. The molecule has 0 amide bonds. The van der Waals surface area contributed by atoms with Crippen LogP contribution in [0.5, 0.6) is 0 Å². The van der Waals surface area contributed by atoms with Crippen LogP contribution in [0.2, 0.25) is 0 Å². The molecule has 4 nitrogen and oxygen atoms in total. The predicted octanol–water partition coefficient (Wildman–Crippen LogP) is 3.27. The van der Waals surface area contributed by atoms with Crippen LogP contribution in [0.1, 0.15) is 12.0 Å². The Bertz CT molecular complexity index is 754. The lowest BCUT2D eigenvalue weighted by Crippen LogP contribution is -2.36. The number of nitrogens with one attached hydrogen (secondary N) is 1. The second kappa shape index (κ2) is 8.62. The van der Waals surface area contributed by atoms with Crippen molar-refractivity contribution in [3.63, 3.8) is 0 Å². The highest BCUT2D eigenvalue weighted by Gasteiger charge is 2.27. The Balaban J connectivity index is 0.00000208. The molecular formula is C17H20ClIN2O2S. The number of nitrogens with zero attached hydrogens (tertiary/aromatic N) is 1. The highest BCUT2D eigenvalue weighted by Crippen LogP contribution is 2.17. The highest BCUT2D eigenvalue weighted by molar-refractivity contribution is 14.1. The molecule has 1 saturated heterocycles. The van der Waals surface area contributed by atoms with Gasteiger partial charge >= 0.3 is 0 Å². The van der Waals surface area contributed by atoms with E-state index in [1.165, 1.54) is 5.56 Å². The van der Waals surface area contributed by atoms with E-state index in [1.54, 1.807) is 12.1 Å². The lowest BCUT2D eigenvalue weighted by atomic mass is 10.2. The molecular weight excluding hydrogens is 459 g/mol. The fraction of sp³-hybridized carbons (Fsp3) is 0.294. The molecule has 1 N–H and O–H groups in total. The maximum atomic E-state index is 12.4. The van der Waals surface area contributed by atoms with E-state index in [1.807, 2.05) is 30.3 Å². The maximum Gasteiger partial charge on any atom is 0.240 e. The van der Waals surface area contributed by atoms with E-state index in [-0.39, 0.29) is 18.4 Å². The van der Waals surface area contributed by atoms with E-state index in [2.05, 4.69) is 44.3 Å². The molecule has 7 heteroatoms. The molecule has 0 spiro atoms. The number of sulfonamides is 1. The average Bonchev–Trinajstić information content (AvgIpc) is 2.95. The molecule has 0 bridgehead atoms. The van der Waals surface area contributed by atoms with Gasteiger partial charge in [0.2, 0.25) is 10.0 Å². The van der Waals surface area contributed by atoms with Gasteiger partial charge in [-0.15, -0.1) is 12.4 Å². The number of halogens is 2. The molecule has 24 heavy (non-hydrogen) atoms. The monoisotopic (exact) mass is 478 g/mol. The molecule has 1 aliphatic rings. The predicted molar refractivity (Wildman–Crippen MR) is 107 cm³/mol. The van der Waals surface area contributed by atoms with Crippen molar-refractivity contribution in [2.45, 2.75) is 23.9 Å². The van der Waals surface area contributed by atoms with Crippen LogP contribution in [0.25, 0.3) is 0 Å². The Morgan fingerprint density at radius 2 is 1.75 bits per heavy atom. The van der Waals surface area contributed by atoms with Crippen molar-refractivity contribution in [1.29, 1.82) is 0 Å². The number of hydrogen-bond donors (Lipinski definition) is 1. The van der Waals surface area contributed by atoms with Crippen LogP contribution in [0.4, 0.5) is 0 Å². The van der Waals surface area contributed by atoms with Gasteiger partial charge in [-0.25, -0.2) is 13.1 Å². The molecule has 0 aromatic heterocycles. The Morgan fingerprint density at radius 3 is 2.42 bits per heavy atom. The molecule has 0 saturated carbocycles. The van der Waals surface area contributed by atoms with Gasteiger partial charge in [0, 0.05) is 29.2 Å². The van der Waals surface area contributed by atoms with Crippen LogP contribution in [-0.2, 0) is 16.6 Å². The molecule has 130 valence electrons. The zero-order chi connectivity index (χ0) is 16.3. The van der Waals surface area contributed by atoms with E-state index < -0.39 is 10.0 Å². The third kappa shape index (κ3) is 5.16. The first-order valence-electron chi connectivity index (χ1n) is 7.57. The summed E-state index contributed by atoms with van der Waals surface area (Å²) in [6.45, 7) is 2.52. The summed E-state index contributed by atoms with van der Waals surface area (Å²) >= 11 is 2.17. The fourth-order valence-electron chi connectivity index (χ4n) is 2.82. The smallest absolute Gasteiger partial charge is 0.240 e. The number of hydrogen-bond acceptors (Lipinski definition) is 3. The van der Waals surface area contributed by atoms with Crippen molar-refractivity contribution in [2.75, 3.05) is 13.1 Å². The quantitative estimate of drug-likeness (QED) is 0.671. The van der Waals surface area contributed by atoms with E-state index in [0.717, 1.165) is 29.6 Å². The summed E-state index contributed by atoms with van der Waals surface area (Å²) in [4.78, 5) is 2.62. The second-order valence-electron chi connectivity index (χ2n) is 5.78. The number of likely N-dealkylation sites (tertiary alicyclic amines) is 1. The first-order chi connectivity index (χ1) is 11.0. The summed E-state index contributed by atoms with van der Waals surface area (Å²) in [7, 11) is -3.44. The highest BCUT2D eigenvalue weighted by atomic mass is 127. The van der Waals surface area contributed by atoms with E-state index >= 15 is 0 Å². The van der Waals surface area contributed by atoms with Crippen molar-refractivity contribution in [3.05, 3.63) is 63.7 Å². The Hall–Kier alpha value is -0.670. The van der Waals surface area contributed by atoms with Crippen LogP contribution in [0.15, 0.2) is 59.5 Å².